The number of carbonyl (C=O) groups is 1. The van der Waals surface area contributed by atoms with E-state index in [0.29, 0.717) is 0 Å². The van der Waals surface area contributed by atoms with Crippen molar-refractivity contribution in [1.29, 1.82) is 0 Å². The minimum atomic E-state index is -0.518. The van der Waals surface area contributed by atoms with Crippen molar-refractivity contribution < 1.29 is 9.21 Å². The number of furan rings is 1. The summed E-state index contributed by atoms with van der Waals surface area (Å²) in [6, 6.07) is 12.5. The number of carbonyl (C=O) groups excluding carboxylic acids is 1. The number of para-hydroxylation sites is 1. The van der Waals surface area contributed by atoms with Gasteiger partial charge in [-0.1, -0.05) is 18.2 Å². The smallest absolute Gasteiger partial charge is 0.247 e. The number of amides is 1. The van der Waals surface area contributed by atoms with Crippen LogP contribution in [0.4, 0.5) is 5.69 Å². The van der Waals surface area contributed by atoms with E-state index in [2.05, 4.69) is 0 Å². The summed E-state index contributed by atoms with van der Waals surface area (Å²) in [5, 5.41) is 0. The second-order valence-corrected chi connectivity index (χ2v) is 4.46. The average Bonchev–Trinajstić information content (AvgIpc) is 2.81. The van der Waals surface area contributed by atoms with Gasteiger partial charge in [-0.3, -0.25) is 9.69 Å². The topological polar surface area (TPSA) is 59.5 Å². The molecular weight excluding hydrogens is 228 g/mol. The van der Waals surface area contributed by atoms with Crippen molar-refractivity contribution in [3.05, 3.63) is 54.0 Å². The Labute approximate surface area is 105 Å². The van der Waals surface area contributed by atoms with E-state index in [9.17, 15) is 4.79 Å². The molecule has 4 nitrogen and oxygen atoms in total. The monoisotopic (exact) mass is 242 g/mol. The molecule has 2 heterocycles. The van der Waals surface area contributed by atoms with Crippen molar-refractivity contribution in [3.63, 3.8) is 0 Å². The molecule has 0 aliphatic carbocycles. The molecule has 3 rings (SSSR count). The normalized spacial score (nSPS) is 23.0. The second-order valence-electron chi connectivity index (χ2n) is 4.46. The minimum absolute atomic E-state index is 0.0692. The van der Waals surface area contributed by atoms with E-state index in [1.54, 1.807) is 4.90 Å². The summed E-state index contributed by atoms with van der Waals surface area (Å²) in [4.78, 5) is 13.6. The highest BCUT2D eigenvalue weighted by Crippen LogP contribution is 2.38. The van der Waals surface area contributed by atoms with Gasteiger partial charge in [-0.25, -0.2) is 0 Å². The van der Waals surface area contributed by atoms with E-state index < -0.39 is 6.04 Å². The largest absolute Gasteiger partial charge is 0.464 e. The van der Waals surface area contributed by atoms with Gasteiger partial charge < -0.3 is 10.2 Å². The van der Waals surface area contributed by atoms with Gasteiger partial charge in [0, 0.05) is 5.69 Å². The molecule has 0 unspecified atom stereocenters. The van der Waals surface area contributed by atoms with E-state index in [0.717, 1.165) is 17.2 Å². The molecule has 0 saturated carbocycles. The van der Waals surface area contributed by atoms with Crippen LogP contribution in [0.5, 0.6) is 0 Å². The van der Waals surface area contributed by atoms with Gasteiger partial charge in [-0.15, -0.1) is 0 Å². The molecule has 2 atom stereocenters. The molecule has 1 saturated heterocycles. The first kappa shape index (κ1) is 11.0. The molecule has 18 heavy (non-hydrogen) atoms. The van der Waals surface area contributed by atoms with Crippen LogP contribution in [0.1, 0.15) is 17.6 Å². The molecule has 1 aliphatic heterocycles. The lowest BCUT2D eigenvalue weighted by molar-refractivity contribution is -0.126. The quantitative estimate of drug-likeness (QED) is 0.819. The number of nitrogens with two attached hydrogens (primary N) is 1. The molecule has 0 bridgehead atoms. The van der Waals surface area contributed by atoms with Gasteiger partial charge in [0.1, 0.15) is 23.6 Å². The Balaban J connectivity index is 1.96. The van der Waals surface area contributed by atoms with E-state index in [1.165, 1.54) is 0 Å². The van der Waals surface area contributed by atoms with Crippen molar-refractivity contribution in [2.24, 2.45) is 5.73 Å². The molecular formula is C14H14N2O2. The van der Waals surface area contributed by atoms with Crippen LogP contribution in [0, 0.1) is 6.92 Å². The Morgan fingerprint density at radius 1 is 1.17 bits per heavy atom. The highest BCUT2D eigenvalue weighted by Gasteiger charge is 2.48. The van der Waals surface area contributed by atoms with Crippen LogP contribution in [0.25, 0.3) is 0 Å². The molecule has 1 fully saturated rings. The Kier molecular flexibility index (Phi) is 2.45. The summed E-state index contributed by atoms with van der Waals surface area (Å²) in [5.74, 6) is 1.49. The van der Waals surface area contributed by atoms with Crippen LogP contribution in [0.2, 0.25) is 0 Å². The summed E-state index contributed by atoms with van der Waals surface area (Å²) < 4.78 is 5.58. The standard InChI is InChI=1S/C14H14N2O2/c1-9-7-8-11(18-9)13-12(15)14(17)16(13)10-5-3-2-4-6-10/h2-8,12-13H,15H2,1H3/t12-,13-/m1/s1. The zero-order valence-electron chi connectivity index (χ0n) is 10.0. The molecule has 0 spiro atoms. The van der Waals surface area contributed by atoms with Gasteiger partial charge in [0.25, 0.3) is 0 Å². The number of aryl methyl sites for hydroxylation is 1. The predicted octanol–water partition coefficient (Wildman–Crippen LogP) is 2.00. The third kappa shape index (κ3) is 1.54. The Hall–Kier alpha value is -2.07. The number of anilines is 1. The number of benzene rings is 1. The van der Waals surface area contributed by atoms with Crippen LogP contribution in [0.3, 0.4) is 0 Å². The Bertz CT molecular complexity index is 576. The van der Waals surface area contributed by atoms with Crippen LogP contribution < -0.4 is 10.6 Å². The maximum Gasteiger partial charge on any atom is 0.247 e. The lowest BCUT2D eigenvalue weighted by Crippen LogP contribution is -2.63. The van der Waals surface area contributed by atoms with Gasteiger partial charge in [0.05, 0.1) is 0 Å². The van der Waals surface area contributed by atoms with E-state index in [1.807, 2.05) is 49.4 Å². The lowest BCUT2D eigenvalue weighted by Gasteiger charge is -2.44. The molecule has 0 radical (unpaired) electrons. The third-order valence-electron chi connectivity index (χ3n) is 3.23. The van der Waals surface area contributed by atoms with Gasteiger partial charge in [-0.05, 0) is 31.2 Å². The molecule has 4 heteroatoms. The van der Waals surface area contributed by atoms with Crippen LogP contribution in [0.15, 0.2) is 46.9 Å². The van der Waals surface area contributed by atoms with E-state index in [4.69, 9.17) is 10.2 Å². The van der Waals surface area contributed by atoms with Crippen LogP contribution in [-0.4, -0.2) is 11.9 Å². The van der Waals surface area contributed by atoms with E-state index >= 15 is 0 Å². The maximum atomic E-state index is 11.9. The number of hydrogen-bond acceptors (Lipinski definition) is 3. The summed E-state index contributed by atoms with van der Waals surface area (Å²) >= 11 is 0. The van der Waals surface area contributed by atoms with Gasteiger partial charge in [-0.2, -0.15) is 0 Å². The zero-order valence-corrected chi connectivity index (χ0v) is 10.0. The Morgan fingerprint density at radius 3 is 2.50 bits per heavy atom. The number of rotatable bonds is 2. The predicted molar refractivity (Wildman–Crippen MR) is 68.1 cm³/mol. The summed E-state index contributed by atoms with van der Waals surface area (Å²) in [6.07, 6.45) is 0. The fourth-order valence-corrected chi connectivity index (χ4v) is 2.30. The van der Waals surface area contributed by atoms with Gasteiger partial charge >= 0.3 is 0 Å². The number of nitrogens with zero attached hydrogens (tertiary/aromatic N) is 1. The third-order valence-corrected chi connectivity index (χ3v) is 3.23. The highest BCUT2D eigenvalue weighted by molar-refractivity contribution is 6.05. The van der Waals surface area contributed by atoms with Crippen LogP contribution >= 0.6 is 0 Å². The van der Waals surface area contributed by atoms with Crippen molar-refractivity contribution in [2.45, 2.75) is 19.0 Å². The Morgan fingerprint density at radius 2 is 1.89 bits per heavy atom. The minimum Gasteiger partial charge on any atom is -0.464 e. The lowest BCUT2D eigenvalue weighted by atomic mass is 9.92. The maximum absolute atomic E-state index is 11.9. The first-order chi connectivity index (χ1) is 8.68. The summed E-state index contributed by atoms with van der Waals surface area (Å²) in [7, 11) is 0. The first-order valence-electron chi connectivity index (χ1n) is 5.88. The first-order valence-corrected chi connectivity index (χ1v) is 5.88. The fraction of sp³-hybridized carbons (Fsp3) is 0.214. The van der Waals surface area contributed by atoms with Crippen LogP contribution in [-0.2, 0) is 4.79 Å². The van der Waals surface area contributed by atoms with Crippen molar-refractivity contribution in [2.75, 3.05) is 4.90 Å². The molecule has 1 aromatic carbocycles. The highest BCUT2D eigenvalue weighted by atomic mass is 16.3. The summed E-state index contributed by atoms with van der Waals surface area (Å²) in [6.45, 7) is 1.88. The van der Waals surface area contributed by atoms with Gasteiger partial charge in [0.15, 0.2) is 0 Å². The summed E-state index contributed by atoms with van der Waals surface area (Å²) in [5.41, 5.74) is 6.73. The van der Waals surface area contributed by atoms with Crippen molar-refractivity contribution in [3.8, 4) is 0 Å². The molecule has 2 aromatic rings. The molecule has 1 aromatic heterocycles. The molecule has 1 aliphatic rings. The van der Waals surface area contributed by atoms with Gasteiger partial charge in [0.2, 0.25) is 5.91 Å². The van der Waals surface area contributed by atoms with Crippen molar-refractivity contribution in [1.82, 2.24) is 0 Å². The van der Waals surface area contributed by atoms with E-state index in [-0.39, 0.29) is 11.9 Å². The van der Waals surface area contributed by atoms with Crippen molar-refractivity contribution >= 4 is 11.6 Å². The number of hydrogen-bond donors (Lipinski definition) is 1. The molecule has 1 amide bonds. The molecule has 2 N–H and O–H groups in total. The number of β-lactam (4-membered cyclic amide) rings is 1. The SMILES string of the molecule is Cc1ccc([C@@H]2[C@@H](N)C(=O)N2c2ccccc2)o1. The fourth-order valence-electron chi connectivity index (χ4n) is 2.30. The second kappa shape index (κ2) is 3.99. The molecule has 92 valence electrons. The zero-order chi connectivity index (χ0) is 12.7. The average molecular weight is 242 g/mol.